The highest BCUT2D eigenvalue weighted by atomic mass is 79.9. The molecule has 0 saturated carbocycles. The van der Waals surface area contributed by atoms with Crippen molar-refractivity contribution in [3.8, 4) is 0 Å². The lowest BCUT2D eigenvalue weighted by Gasteiger charge is -2.43. The number of nitrogens with two attached hydrogens (primary N) is 1. The summed E-state index contributed by atoms with van der Waals surface area (Å²) in [6.07, 6.45) is 4.36. The van der Waals surface area contributed by atoms with Crippen LogP contribution in [0.5, 0.6) is 0 Å². The Hall–Kier alpha value is -3.40. The number of nitrogens with zero attached hydrogens (tertiary/aromatic N) is 5. The molecule has 0 radical (unpaired) electrons. The number of para-hydroxylation sites is 1. The molecule has 4 heterocycles. The standard InChI is InChI=1S/C37H50Br2N8O5/c1-2-52-33(48)24-43-12-8-27(9-13-43)44-17-19-45(20-18-44)35(49)32(23-25-21-29(38)34(40)30(39)22-25)42-36(50)46-14-10-28(11-15-46)47-16-7-26-5-3-4-6-31(26)41-37(47)51/h3-6,21-22,27-28,32H,2,7-20,23-24,40H2,1H3,(H,41,51)(H,42,50)/t32-/m1/s1. The highest BCUT2D eigenvalue weighted by molar-refractivity contribution is 9.11. The van der Waals surface area contributed by atoms with Gasteiger partial charge in [0.2, 0.25) is 5.91 Å². The van der Waals surface area contributed by atoms with Crippen molar-refractivity contribution in [1.82, 2.24) is 29.8 Å². The Kier molecular flexibility index (Phi) is 13.0. The van der Waals surface area contributed by atoms with Crippen LogP contribution in [-0.2, 0) is 27.2 Å². The minimum Gasteiger partial charge on any atom is -0.465 e. The third-order valence-electron chi connectivity index (χ3n) is 10.9. The Morgan fingerprint density at radius 2 is 1.56 bits per heavy atom. The number of benzene rings is 2. The lowest BCUT2D eigenvalue weighted by atomic mass is 10.0. The summed E-state index contributed by atoms with van der Waals surface area (Å²) in [6, 6.07) is 11.0. The zero-order valence-electron chi connectivity index (χ0n) is 29.8. The monoisotopic (exact) mass is 844 g/mol. The van der Waals surface area contributed by atoms with Gasteiger partial charge in [0.05, 0.1) is 18.8 Å². The maximum absolute atomic E-state index is 14.2. The molecule has 282 valence electrons. The number of amides is 5. The molecule has 0 aliphatic carbocycles. The lowest BCUT2D eigenvalue weighted by molar-refractivity contribution is -0.144. The van der Waals surface area contributed by atoms with Crippen molar-refractivity contribution in [1.29, 1.82) is 0 Å². The largest absolute Gasteiger partial charge is 0.465 e. The van der Waals surface area contributed by atoms with Gasteiger partial charge in [-0.05, 0) is 100 Å². The van der Waals surface area contributed by atoms with Crippen LogP contribution in [0, 0.1) is 0 Å². The maximum atomic E-state index is 14.2. The van der Waals surface area contributed by atoms with Gasteiger partial charge < -0.3 is 35.8 Å². The number of rotatable bonds is 9. The zero-order valence-corrected chi connectivity index (χ0v) is 33.0. The van der Waals surface area contributed by atoms with E-state index in [1.165, 1.54) is 0 Å². The highest BCUT2D eigenvalue weighted by Gasteiger charge is 2.35. The average molecular weight is 847 g/mol. The Balaban J connectivity index is 1.05. The molecule has 4 aliphatic rings. The normalized spacial score (nSPS) is 20.1. The first-order valence-corrected chi connectivity index (χ1v) is 20.0. The second-order valence-corrected chi connectivity index (χ2v) is 15.8. The molecule has 6 rings (SSSR count). The molecule has 15 heteroatoms. The summed E-state index contributed by atoms with van der Waals surface area (Å²) < 4.78 is 6.56. The van der Waals surface area contributed by atoms with Crippen molar-refractivity contribution in [2.75, 3.05) is 83.1 Å². The topological polar surface area (TPSA) is 144 Å². The SMILES string of the molecule is CCOC(=O)CN1CCC(N2CCN(C(=O)[C@@H](Cc3cc(Br)c(N)c(Br)c3)NC(=O)N3CCC(N4CCc5ccccc5NC4=O)CC3)CC2)CC1. The number of halogens is 2. The van der Waals surface area contributed by atoms with E-state index >= 15 is 0 Å². The van der Waals surface area contributed by atoms with Gasteiger partial charge in [-0.25, -0.2) is 9.59 Å². The van der Waals surface area contributed by atoms with Gasteiger partial charge >= 0.3 is 18.0 Å². The molecule has 0 unspecified atom stereocenters. The van der Waals surface area contributed by atoms with Crippen molar-refractivity contribution in [3.05, 3.63) is 56.5 Å². The van der Waals surface area contributed by atoms with Gasteiger partial charge in [-0.1, -0.05) is 18.2 Å². The van der Waals surface area contributed by atoms with E-state index in [4.69, 9.17) is 10.5 Å². The molecule has 4 N–H and O–H groups in total. The first-order chi connectivity index (χ1) is 25.1. The third kappa shape index (κ3) is 9.39. The van der Waals surface area contributed by atoms with E-state index < -0.39 is 6.04 Å². The molecule has 0 spiro atoms. The number of urea groups is 2. The number of esters is 1. The summed E-state index contributed by atoms with van der Waals surface area (Å²) in [6.45, 7) is 8.54. The number of nitrogen functional groups attached to an aromatic ring is 1. The number of carbonyl (C=O) groups excluding carboxylic acids is 4. The predicted octanol–water partition coefficient (Wildman–Crippen LogP) is 4.14. The van der Waals surface area contributed by atoms with Crippen molar-refractivity contribution in [2.45, 2.75) is 63.6 Å². The first kappa shape index (κ1) is 38.3. The fraction of sp³-hybridized carbons (Fsp3) is 0.568. The molecule has 1 atom stereocenters. The van der Waals surface area contributed by atoms with Crippen molar-refractivity contribution in [3.63, 3.8) is 0 Å². The molecule has 3 saturated heterocycles. The summed E-state index contributed by atoms with van der Waals surface area (Å²) >= 11 is 7.05. The maximum Gasteiger partial charge on any atom is 0.322 e. The van der Waals surface area contributed by atoms with Gasteiger partial charge in [-0.3, -0.25) is 19.4 Å². The van der Waals surface area contributed by atoms with Crippen LogP contribution < -0.4 is 16.4 Å². The van der Waals surface area contributed by atoms with Crippen LogP contribution in [0.3, 0.4) is 0 Å². The number of fused-ring (bicyclic) bond motifs is 1. The van der Waals surface area contributed by atoms with E-state index in [0.717, 1.165) is 71.2 Å². The molecule has 52 heavy (non-hydrogen) atoms. The van der Waals surface area contributed by atoms with Crippen LogP contribution in [0.2, 0.25) is 0 Å². The molecular formula is C37H50Br2N8O5. The van der Waals surface area contributed by atoms with E-state index in [0.29, 0.717) is 76.9 Å². The van der Waals surface area contributed by atoms with Crippen LogP contribution in [0.4, 0.5) is 21.0 Å². The Morgan fingerprint density at radius 1 is 0.904 bits per heavy atom. The minimum atomic E-state index is -0.764. The number of piperidine rings is 2. The molecule has 2 aromatic carbocycles. The van der Waals surface area contributed by atoms with Crippen LogP contribution in [0.1, 0.15) is 43.7 Å². The smallest absolute Gasteiger partial charge is 0.322 e. The molecule has 5 amide bonds. The van der Waals surface area contributed by atoms with Crippen LogP contribution in [0.15, 0.2) is 45.3 Å². The summed E-state index contributed by atoms with van der Waals surface area (Å²) in [7, 11) is 0. The van der Waals surface area contributed by atoms with Gasteiger partial charge in [-0.2, -0.15) is 0 Å². The average Bonchev–Trinajstić information content (AvgIpc) is 3.31. The van der Waals surface area contributed by atoms with Gasteiger partial charge in [-0.15, -0.1) is 0 Å². The number of hydrogen-bond donors (Lipinski definition) is 3. The number of hydrogen-bond acceptors (Lipinski definition) is 8. The second-order valence-electron chi connectivity index (χ2n) is 14.1. The van der Waals surface area contributed by atoms with E-state index in [-0.39, 0.29) is 30.0 Å². The van der Waals surface area contributed by atoms with Gasteiger partial charge in [0, 0.05) is 92.0 Å². The molecular weight excluding hydrogens is 796 g/mol. The quantitative estimate of drug-likeness (QED) is 0.253. The Bertz CT molecular complexity index is 1580. The van der Waals surface area contributed by atoms with Crippen LogP contribution >= 0.6 is 31.9 Å². The number of likely N-dealkylation sites (tertiary alicyclic amines) is 2. The first-order valence-electron chi connectivity index (χ1n) is 18.4. The van der Waals surface area contributed by atoms with E-state index in [9.17, 15) is 19.2 Å². The predicted molar refractivity (Wildman–Crippen MR) is 207 cm³/mol. The molecule has 0 bridgehead atoms. The van der Waals surface area contributed by atoms with Crippen molar-refractivity contribution < 1.29 is 23.9 Å². The van der Waals surface area contributed by atoms with E-state index in [1.807, 2.05) is 53.1 Å². The fourth-order valence-electron chi connectivity index (χ4n) is 7.91. The Morgan fingerprint density at radius 3 is 2.23 bits per heavy atom. The lowest BCUT2D eigenvalue weighted by Crippen LogP contribution is -2.59. The van der Waals surface area contributed by atoms with Crippen molar-refractivity contribution >= 4 is 67.2 Å². The number of carbonyl (C=O) groups is 4. The highest BCUT2D eigenvalue weighted by Crippen LogP contribution is 2.31. The fourth-order valence-corrected chi connectivity index (χ4v) is 9.19. The van der Waals surface area contributed by atoms with Gasteiger partial charge in [0.15, 0.2) is 0 Å². The molecule has 4 aliphatic heterocycles. The summed E-state index contributed by atoms with van der Waals surface area (Å²) in [5.41, 5.74) is 9.58. The Labute approximate surface area is 322 Å². The molecule has 3 fully saturated rings. The molecule has 0 aromatic heterocycles. The van der Waals surface area contributed by atoms with Gasteiger partial charge in [0.25, 0.3) is 0 Å². The second kappa shape index (κ2) is 17.6. The minimum absolute atomic E-state index is 0.0290. The molecule has 13 nitrogen and oxygen atoms in total. The van der Waals surface area contributed by atoms with E-state index in [1.54, 1.807) is 4.90 Å². The van der Waals surface area contributed by atoms with E-state index in [2.05, 4.69) is 52.3 Å². The summed E-state index contributed by atoms with van der Waals surface area (Å²) in [4.78, 5) is 63.2. The van der Waals surface area contributed by atoms with Crippen LogP contribution in [-0.4, -0.2) is 139 Å². The van der Waals surface area contributed by atoms with Gasteiger partial charge in [0.1, 0.15) is 6.04 Å². The zero-order chi connectivity index (χ0) is 36.8. The number of ether oxygens (including phenoxy) is 1. The van der Waals surface area contributed by atoms with Crippen LogP contribution in [0.25, 0.3) is 0 Å². The number of nitrogens with one attached hydrogen (secondary N) is 2. The van der Waals surface area contributed by atoms with Crippen molar-refractivity contribution in [2.24, 2.45) is 0 Å². The number of anilines is 2. The summed E-state index contributed by atoms with van der Waals surface area (Å²) in [5, 5.41) is 6.16. The third-order valence-corrected chi connectivity index (χ3v) is 12.2. The summed E-state index contributed by atoms with van der Waals surface area (Å²) in [5.74, 6) is -0.275. The number of piperazine rings is 1. The molecule has 2 aromatic rings.